The number of hydrogen-bond donors (Lipinski definition) is 1. The van der Waals surface area contributed by atoms with Crippen molar-refractivity contribution < 1.29 is 4.79 Å². The van der Waals surface area contributed by atoms with Crippen LogP contribution in [0.1, 0.15) is 45.2 Å². The second kappa shape index (κ2) is 5.74. The minimum Gasteiger partial charge on any atom is -0.335 e. The molecule has 3 heteroatoms. The molecule has 0 aromatic heterocycles. The van der Waals surface area contributed by atoms with E-state index in [1.54, 1.807) is 0 Å². The number of carbonyl (C=O) groups is 1. The van der Waals surface area contributed by atoms with E-state index < -0.39 is 0 Å². The Morgan fingerprint density at radius 2 is 2.00 bits per heavy atom. The van der Waals surface area contributed by atoms with Gasteiger partial charge >= 0.3 is 0 Å². The van der Waals surface area contributed by atoms with E-state index >= 15 is 0 Å². The van der Waals surface area contributed by atoms with Crippen molar-refractivity contribution in [1.82, 2.24) is 10.2 Å². The average molecular weight is 260 g/mol. The van der Waals surface area contributed by atoms with Crippen LogP contribution in [0, 0.1) is 0 Å². The Kier molecular flexibility index (Phi) is 4.25. The lowest BCUT2D eigenvalue weighted by Gasteiger charge is -2.27. The Morgan fingerprint density at radius 3 is 2.63 bits per heavy atom. The lowest BCUT2D eigenvalue weighted by molar-refractivity contribution is -0.131. The zero-order valence-electron chi connectivity index (χ0n) is 12.1. The second-order valence-electron chi connectivity index (χ2n) is 6.26. The van der Waals surface area contributed by atoms with E-state index in [0.717, 1.165) is 19.4 Å². The number of nitrogens with zero attached hydrogens (tertiary/aromatic N) is 1. The summed E-state index contributed by atoms with van der Waals surface area (Å²) in [5.41, 5.74) is 1.24. The van der Waals surface area contributed by atoms with E-state index in [9.17, 15) is 4.79 Å². The van der Waals surface area contributed by atoms with Gasteiger partial charge in [0.1, 0.15) is 0 Å². The third-order valence-electron chi connectivity index (χ3n) is 3.53. The summed E-state index contributed by atoms with van der Waals surface area (Å²) in [4.78, 5) is 14.4. The molecule has 1 N–H and O–H groups in total. The van der Waals surface area contributed by atoms with Gasteiger partial charge in [-0.1, -0.05) is 30.3 Å². The van der Waals surface area contributed by atoms with Crippen molar-refractivity contribution in [2.24, 2.45) is 0 Å². The summed E-state index contributed by atoms with van der Waals surface area (Å²) in [5, 5.41) is 3.28. The van der Waals surface area contributed by atoms with Crippen LogP contribution in [0.25, 0.3) is 0 Å². The molecule has 1 fully saturated rings. The molecule has 0 spiro atoms. The molecule has 1 heterocycles. The van der Waals surface area contributed by atoms with Crippen LogP contribution in [0.5, 0.6) is 0 Å². The first-order valence-corrected chi connectivity index (χ1v) is 7.07. The van der Waals surface area contributed by atoms with Crippen molar-refractivity contribution in [3.63, 3.8) is 0 Å². The van der Waals surface area contributed by atoms with Gasteiger partial charge in [-0.05, 0) is 39.2 Å². The van der Waals surface area contributed by atoms with E-state index in [-0.39, 0.29) is 17.5 Å². The molecule has 1 saturated heterocycles. The lowest BCUT2D eigenvalue weighted by atomic mass is 10.0. The highest BCUT2D eigenvalue weighted by Gasteiger charge is 2.29. The Morgan fingerprint density at radius 1 is 1.32 bits per heavy atom. The molecular formula is C16H24N2O. The molecular weight excluding hydrogens is 236 g/mol. The maximum absolute atomic E-state index is 12.3. The highest BCUT2D eigenvalue weighted by atomic mass is 16.2. The number of benzene rings is 1. The highest BCUT2D eigenvalue weighted by Crippen LogP contribution is 2.31. The minimum absolute atomic E-state index is 0.0162. The van der Waals surface area contributed by atoms with Crippen LogP contribution in [0.15, 0.2) is 30.3 Å². The fourth-order valence-electron chi connectivity index (χ4n) is 2.53. The molecule has 0 radical (unpaired) electrons. The fourth-order valence-corrected chi connectivity index (χ4v) is 2.53. The number of amides is 1. The zero-order valence-corrected chi connectivity index (χ0v) is 12.1. The SMILES string of the molecule is CC(C)(C)NCC(=O)N1CCCC1c1ccccc1. The maximum Gasteiger partial charge on any atom is 0.237 e. The van der Waals surface area contributed by atoms with Gasteiger partial charge in [0.15, 0.2) is 0 Å². The molecule has 1 aliphatic heterocycles. The molecule has 1 aromatic carbocycles. The van der Waals surface area contributed by atoms with Gasteiger partial charge < -0.3 is 10.2 Å². The molecule has 3 nitrogen and oxygen atoms in total. The minimum atomic E-state index is -0.0162. The van der Waals surface area contributed by atoms with Crippen LogP contribution < -0.4 is 5.32 Å². The third kappa shape index (κ3) is 3.80. The van der Waals surface area contributed by atoms with Gasteiger partial charge in [-0.2, -0.15) is 0 Å². The van der Waals surface area contributed by atoms with Gasteiger partial charge in [-0.15, -0.1) is 0 Å². The number of carbonyl (C=O) groups excluding carboxylic acids is 1. The van der Waals surface area contributed by atoms with Gasteiger partial charge in [0.2, 0.25) is 5.91 Å². The van der Waals surface area contributed by atoms with Gasteiger partial charge in [0, 0.05) is 12.1 Å². The van der Waals surface area contributed by atoms with Gasteiger partial charge in [0.05, 0.1) is 12.6 Å². The van der Waals surface area contributed by atoms with E-state index in [4.69, 9.17) is 0 Å². The number of nitrogens with one attached hydrogen (secondary N) is 1. The normalized spacial score (nSPS) is 19.7. The standard InChI is InChI=1S/C16H24N2O/c1-16(2,3)17-12-15(19)18-11-7-10-14(18)13-8-5-4-6-9-13/h4-6,8-9,14,17H,7,10-12H2,1-3H3. The zero-order chi connectivity index (χ0) is 13.9. The fraction of sp³-hybridized carbons (Fsp3) is 0.562. The lowest BCUT2D eigenvalue weighted by Crippen LogP contribution is -2.44. The molecule has 1 aromatic rings. The Hall–Kier alpha value is -1.35. The monoisotopic (exact) mass is 260 g/mol. The van der Waals surface area contributed by atoms with Crippen LogP contribution in [0.3, 0.4) is 0 Å². The molecule has 0 bridgehead atoms. The predicted octanol–water partition coefficient (Wildman–Crippen LogP) is 2.74. The number of rotatable bonds is 3. The first-order chi connectivity index (χ1) is 8.97. The molecule has 1 atom stereocenters. The molecule has 1 unspecified atom stereocenters. The van der Waals surface area contributed by atoms with Gasteiger partial charge in [-0.3, -0.25) is 4.79 Å². The topological polar surface area (TPSA) is 32.3 Å². The molecule has 0 aliphatic carbocycles. The van der Waals surface area contributed by atoms with Crippen molar-refractivity contribution >= 4 is 5.91 Å². The van der Waals surface area contributed by atoms with Crippen LogP contribution in [-0.2, 0) is 4.79 Å². The van der Waals surface area contributed by atoms with E-state index in [2.05, 4.69) is 38.2 Å². The van der Waals surface area contributed by atoms with Crippen LogP contribution in [0.2, 0.25) is 0 Å². The third-order valence-corrected chi connectivity index (χ3v) is 3.53. The first kappa shape index (κ1) is 14.1. The van der Waals surface area contributed by atoms with Crippen molar-refractivity contribution in [1.29, 1.82) is 0 Å². The van der Waals surface area contributed by atoms with Crippen molar-refractivity contribution in [3.05, 3.63) is 35.9 Å². The second-order valence-corrected chi connectivity index (χ2v) is 6.26. The molecule has 1 aliphatic rings. The van der Waals surface area contributed by atoms with Crippen molar-refractivity contribution in [2.45, 2.75) is 45.2 Å². The van der Waals surface area contributed by atoms with Gasteiger partial charge in [0.25, 0.3) is 0 Å². The van der Waals surface area contributed by atoms with E-state index in [1.165, 1.54) is 5.56 Å². The van der Waals surface area contributed by atoms with Crippen LogP contribution in [0.4, 0.5) is 0 Å². The number of likely N-dealkylation sites (tertiary alicyclic amines) is 1. The van der Waals surface area contributed by atoms with Crippen LogP contribution in [-0.4, -0.2) is 29.4 Å². The molecule has 104 valence electrons. The molecule has 1 amide bonds. The highest BCUT2D eigenvalue weighted by molar-refractivity contribution is 5.79. The molecule has 19 heavy (non-hydrogen) atoms. The molecule has 2 rings (SSSR count). The Balaban J connectivity index is 2.01. The Bertz CT molecular complexity index is 422. The van der Waals surface area contributed by atoms with E-state index in [0.29, 0.717) is 6.54 Å². The summed E-state index contributed by atoms with van der Waals surface area (Å²) >= 11 is 0. The smallest absolute Gasteiger partial charge is 0.237 e. The summed E-state index contributed by atoms with van der Waals surface area (Å²) in [6.45, 7) is 7.55. The van der Waals surface area contributed by atoms with Gasteiger partial charge in [-0.25, -0.2) is 0 Å². The summed E-state index contributed by atoms with van der Waals surface area (Å²) in [5.74, 6) is 0.210. The quantitative estimate of drug-likeness (QED) is 0.906. The summed E-state index contributed by atoms with van der Waals surface area (Å²) in [7, 11) is 0. The predicted molar refractivity (Wildman–Crippen MR) is 77.9 cm³/mol. The maximum atomic E-state index is 12.3. The molecule has 0 saturated carbocycles. The summed E-state index contributed by atoms with van der Waals surface area (Å²) in [6, 6.07) is 10.6. The van der Waals surface area contributed by atoms with Crippen LogP contribution >= 0.6 is 0 Å². The van der Waals surface area contributed by atoms with Crippen molar-refractivity contribution in [2.75, 3.05) is 13.1 Å². The summed E-state index contributed by atoms with van der Waals surface area (Å²) < 4.78 is 0. The van der Waals surface area contributed by atoms with Crippen molar-refractivity contribution in [3.8, 4) is 0 Å². The largest absolute Gasteiger partial charge is 0.335 e. The number of hydrogen-bond acceptors (Lipinski definition) is 2. The average Bonchev–Trinajstić information content (AvgIpc) is 2.85. The van der Waals surface area contributed by atoms with E-state index in [1.807, 2.05) is 23.1 Å². The summed E-state index contributed by atoms with van der Waals surface area (Å²) in [6.07, 6.45) is 2.17. The Labute approximate surface area is 116 Å². The first-order valence-electron chi connectivity index (χ1n) is 7.07.